The maximum Gasteiger partial charge on any atom is 0.234 e. The number of carbonyl (C=O) groups is 1. The molecule has 2 saturated heterocycles. The van der Waals surface area contributed by atoms with Gasteiger partial charge in [-0.15, -0.1) is 0 Å². The van der Waals surface area contributed by atoms with Gasteiger partial charge in [-0.3, -0.25) is 14.6 Å². The van der Waals surface area contributed by atoms with E-state index in [2.05, 4.69) is 9.80 Å². The van der Waals surface area contributed by atoms with Gasteiger partial charge in [0.2, 0.25) is 5.91 Å². The molecule has 2 aliphatic heterocycles. The van der Waals surface area contributed by atoms with Crippen LogP contribution in [0.2, 0.25) is 0 Å². The van der Waals surface area contributed by atoms with E-state index in [1.165, 1.54) is 0 Å². The van der Waals surface area contributed by atoms with Crippen molar-refractivity contribution in [2.45, 2.75) is 50.7 Å². The predicted octanol–water partition coefficient (Wildman–Crippen LogP) is -0.252. The van der Waals surface area contributed by atoms with Gasteiger partial charge in [-0.05, 0) is 38.8 Å². The van der Waals surface area contributed by atoms with Crippen molar-refractivity contribution < 1.29 is 4.79 Å². The first-order chi connectivity index (χ1) is 8.61. The number of likely N-dealkylation sites (tertiary alicyclic amines) is 2. The SMILES string of the molecule is CCC(C(N)=O)N1CCC(N2CCC(N)CC2)C1. The molecule has 0 aliphatic carbocycles. The molecule has 2 fully saturated rings. The van der Waals surface area contributed by atoms with Gasteiger partial charge in [0, 0.05) is 25.2 Å². The minimum atomic E-state index is -0.182. The number of hydrogen-bond donors (Lipinski definition) is 2. The van der Waals surface area contributed by atoms with Crippen molar-refractivity contribution in [2.24, 2.45) is 11.5 Å². The maximum atomic E-state index is 11.4. The van der Waals surface area contributed by atoms with E-state index in [1.807, 2.05) is 6.92 Å². The molecule has 0 aromatic heterocycles. The van der Waals surface area contributed by atoms with E-state index in [-0.39, 0.29) is 11.9 Å². The second-order valence-electron chi connectivity index (χ2n) is 5.64. The summed E-state index contributed by atoms with van der Waals surface area (Å²) in [5, 5.41) is 0. The molecule has 104 valence electrons. The Bertz CT molecular complexity index is 289. The van der Waals surface area contributed by atoms with Gasteiger partial charge >= 0.3 is 0 Å². The lowest BCUT2D eigenvalue weighted by Crippen LogP contribution is -2.48. The zero-order valence-corrected chi connectivity index (χ0v) is 11.3. The highest BCUT2D eigenvalue weighted by molar-refractivity contribution is 5.79. The second kappa shape index (κ2) is 5.99. The topological polar surface area (TPSA) is 75.6 Å². The number of hydrogen-bond acceptors (Lipinski definition) is 4. The molecule has 18 heavy (non-hydrogen) atoms. The van der Waals surface area contributed by atoms with Gasteiger partial charge < -0.3 is 11.5 Å². The molecule has 0 bridgehead atoms. The molecule has 0 spiro atoms. The van der Waals surface area contributed by atoms with Crippen molar-refractivity contribution in [3.05, 3.63) is 0 Å². The summed E-state index contributed by atoms with van der Waals surface area (Å²) in [7, 11) is 0. The molecule has 5 nitrogen and oxygen atoms in total. The minimum absolute atomic E-state index is 0.0814. The molecule has 0 radical (unpaired) electrons. The lowest BCUT2D eigenvalue weighted by atomic mass is 10.0. The van der Waals surface area contributed by atoms with Gasteiger partial charge in [-0.2, -0.15) is 0 Å². The van der Waals surface area contributed by atoms with Crippen molar-refractivity contribution in [3.63, 3.8) is 0 Å². The van der Waals surface area contributed by atoms with Crippen LogP contribution < -0.4 is 11.5 Å². The molecule has 1 amide bonds. The number of rotatable bonds is 4. The predicted molar refractivity (Wildman–Crippen MR) is 72.0 cm³/mol. The van der Waals surface area contributed by atoms with Crippen molar-refractivity contribution in [3.8, 4) is 0 Å². The average Bonchev–Trinajstić information content (AvgIpc) is 2.80. The number of piperidine rings is 1. The molecule has 0 saturated carbocycles. The molecule has 4 N–H and O–H groups in total. The fourth-order valence-corrected chi connectivity index (χ4v) is 3.27. The first-order valence-electron chi connectivity index (χ1n) is 7.14. The fourth-order valence-electron chi connectivity index (χ4n) is 3.27. The Kier molecular flexibility index (Phi) is 4.59. The first kappa shape index (κ1) is 13.8. The molecule has 2 aliphatic rings. The summed E-state index contributed by atoms with van der Waals surface area (Å²) in [5.74, 6) is -0.182. The van der Waals surface area contributed by atoms with Crippen LogP contribution in [0.4, 0.5) is 0 Å². The van der Waals surface area contributed by atoms with E-state index in [9.17, 15) is 4.79 Å². The molecule has 0 aromatic carbocycles. The highest BCUT2D eigenvalue weighted by Crippen LogP contribution is 2.22. The number of carbonyl (C=O) groups excluding carboxylic acids is 1. The highest BCUT2D eigenvalue weighted by Gasteiger charge is 2.34. The minimum Gasteiger partial charge on any atom is -0.368 e. The number of amides is 1. The number of nitrogens with zero attached hydrogens (tertiary/aromatic N) is 2. The molecular formula is C13H26N4O. The summed E-state index contributed by atoms with van der Waals surface area (Å²) < 4.78 is 0. The van der Waals surface area contributed by atoms with Crippen LogP contribution in [0.15, 0.2) is 0 Å². The van der Waals surface area contributed by atoms with Crippen LogP contribution in [-0.4, -0.2) is 60.0 Å². The van der Waals surface area contributed by atoms with Gasteiger partial charge in [0.25, 0.3) is 0 Å². The lowest BCUT2D eigenvalue weighted by Gasteiger charge is -2.35. The van der Waals surface area contributed by atoms with E-state index in [4.69, 9.17) is 11.5 Å². The third-order valence-corrected chi connectivity index (χ3v) is 4.44. The molecule has 2 unspecified atom stereocenters. The molecule has 2 atom stereocenters. The Balaban J connectivity index is 1.86. The van der Waals surface area contributed by atoms with Gasteiger partial charge in [-0.1, -0.05) is 6.92 Å². The Hall–Kier alpha value is -0.650. The molecule has 0 aromatic rings. The molecular weight excluding hydrogens is 228 g/mol. The van der Waals surface area contributed by atoms with E-state index in [0.717, 1.165) is 51.9 Å². The first-order valence-corrected chi connectivity index (χ1v) is 7.14. The third kappa shape index (κ3) is 3.02. The van der Waals surface area contributed by atoms with Gasteiger partial charge in [0.1, 0.15) is 0 Å². The van der Waals surface area contributed by atoms with E-state index in [1.54, 1.807) is 0 Å². The summed E-state index contributed by atoms with van der Waals surface area (Å²) in [6.45, 7) is 6.22. The van der Waals surface area contributed by atoms with Gasteiger partial charge in [0.15, 0.2) is 0 Å². The van der Waals surface area contributed by atoms with E-state index in [0.29, 0.717) is 12.1 Å². The number of nitrogens with two attached hydrogens (primary N) is 2. The van der Waals surface area contributed by atoms with E-state index < -0.39 is 0 Å². The van der Waals surface area contributed by atoms with Crippen molar-refractivity contribution >= 4 is 5.91 Å². The summed E-state index contributed by atoms with van der Waals surface area (Å²) >= 11 is 0. The highest BCUT2D eigenvalue weighted by atomic mass is 16.1. The quantitative estimate of drug-likeness (QED) is 0.725. The second-order valence-corrected chi connectivity index (χ2v) is 5.64. The van der Waals surface area contributed by atoms with Gasteiger partial charge in [0.05, 0.1) is 6.04 Å². The Morgan fingerprint density at radius 2 is 1.94 bits per heavy atom. The largest absolute Gasteiger partial charge is 0.368 e. The monoisotopic (exact) mass is 254 g/mol. The van der Waals surface area contributed by atoms with Crippen LogP contribution in [-0.2, 0) is 4.79 Å². The summed E-state index contributed by atoms with van der Waals surface area (Å²) in [6, 6.07) is 0.890. The van der Waals surface area contributed by atoms with Crippen LogP contribution in [0.25, 0.3) is 0 Å². The fraction of sp³-hybridized carbons (Fsp3) is 0.923. The van der Waals surface area contributed by atoms with Crippen LogP contribution >= 0.6 is 0 Å². The van der Waals surface area contributed by atoms with Crippen LogP contribution in [0.3, 0.4) is 0 Å². The van der Waals surface area contributed by atoms with Crippen molar-refractivity contribution in [2.75, 3.05) is 26.2 Å². The van der Waals surface area contributed by atoms with Crippen molar-refractivity contribution in [1.82, 2.24) is 9.80 Å². The molecule has 5 heteroatoms. The zero-order chi connectivity index (χ0) is 13.1. The van der Waals surface area contributed by atoms with Gasteiger partial charge in [-0.25, -0.2) is 0 Å². The molecule has 2 rings (SSSR count). The van der Waals surface area contributed by atoms with Crippen LogP contribution in [0, 0.1) is 0 Å². The summed E-state index contributed by atoms with van der Waals surface area (Å²) in [4.78, 5) is 16.2. The van der Waals surface area contributed by atoms with Crippen LogP contribution in [0.1, 0.15) is 32.6 Å². The van der Waals surface area contributed by atoms with E-state index >= 15 is 0 Å². The number of primary amides is 1. The Morgan fingerprint density at radius 1 is 1.28 bits per heavy atom. The molecule has 2 heterocycles. The van der Waals surface area contributed by atoms with Crippen molar-refractivity contribution in [1.29, 1.82) is 0 Å². The zero-order valence-electron chi connectivity index (χ0n) is 11.3. The Morgan fingerprint density at radius 3 is 2.50 bits per heavy atom. The maximum absolute atomic E-state index is 11.4. The van der Waals surface area contributed by atoms with Crippen LogP contribution in [0.5, 0.6) is 0 Å². The smallest absolute Gasteiger partial charge is 0.234 e. The normalized spacial score (nSPS) is 29.6. The Labute approximate surface area is 109 Å². The standard InChI is InChI=1S/C13H26N4O/c1-2-12(13(15)18)17-8-5-11(9-17)16-6-3-10(14)4-7-16/h10-12H,2-9,14H2,1H3,(H2,15,18). The summed E-state index contributed by atoms with van der Waals surface area (Å²) in [5.41, 5.74) is 11.4. The lowest BCUT2D eigenvalue weighted by molar-refractivity contribution is -0.123. The average molecular weight is 254 g/mol. The summed E-state index contributed by atoms with van der Waals surface area (Å²) in [6.07, 6.45) is 4.17. The third-order valence-electron chi connectivity index (χ3n) is 4.44.